The molecule has 0 aromatic heterocycles. The largest absolute Gasteiger partial charge is 0.370 e. The summed E-state index contributed by atoms with van der Waals surface area (Å²) in [5.74, 6) is 0.121. The predicted octanol–water partition coefficient (Wildman–Crippen LogP) is -0.530. The van der Waals surface area contributed by atoms with Crippen LogP contribution in [-0.4, -0.2) is 29.5 Å². The zero-order chi connectivity index (χ0) is 9.90. The van der Waals surface area contributed by atoms with Crippen molar-refractivity contribution >= 4 is 23.7 Å². The van der Waals surface area contributed by atoms with Gasteiger partial charge < -0.3 is 17.2 Å². The van der Waals surface area contributed by atoms with Gasteiger partial charge in [-0.3, -0.25) is 0 Å². The van der Waals surface area contributed by atoms with E-state index in [-0.39, 0.29) is 11.9 Å². The zero-order valence-corrected chi connectivity index (χ0v) is 8.47. The molecule has 1 saturated carbocycles. The predicted molar refractivity (Wildman–Crippen MR) is 57.8 cm³/mol. The lowest BCUT2D eigenvalue weighted by Gasteiger charge is -2.06. The van der Waals surface area contributed by atoms with E-state index in [0.29, 0.717) is 11.3 Å². The van der Waals surface area contributed by atoms with Gasteiger partial charge in [-0.05, 0) is 19.1 Å². The second kappa shape index (κ2) is 3.87. The van der Waals surface area contributed by atoms with E-state index in [2.05, 4.69) is 16.2 Å². The highest BCUT2D eigenvalue weighted by molar-refractivity contribution is 8.00. The normalized spacial score (nSPS) is 19.6. The molecule has 0 aliphatic heterocycles. The molecule has 0 unspecified atom stereocenters. The molecule has 0 aromatic carbocycles. The van der Waals surface area contributed by atoms with E-state index < -0.39 is 0 Å². The van der Waals surface area contributed by atoms with Crippen molar-refractivity contribution in [2.24, 2.45) is 27.2 Å². The van der Waals surface area contributed by atoms with Crippen LogP contribution in [0.1, 0.15) is 12.8 Å². The minimum Gasteiger partial charge on any atom is -0.370 e. The van der Waals surface area contributed by atoms with Crippen LogP contribution in [0.3, 0.4) is 0 Å². The SMILES string of the molecule is CSC1(CN=C(N)N=C(N)N)CC1. The summed E-state index contributed by atoms with van der Waals surface area (Å²) in [4.78, 5) is 7.73. The summed E-state index contributed by atoms with van der Waals surface area (Å²) < 4.78 is 0.309. The molecule has 1 aliphatic carbocycles. The van der Waals surface area contributed by atoms with Crippen LogP contribution in [0.2, 0.25) is 0 Å². The second-order valence-electron chi connectivity index (χ2n) is 3.10. The van der Waals surface area contributed by atoms with Crippen LogP contribution in [0.15, 0.2) is 9.98 Å². The number of hydrogen-bond donors (Lipinski definition) is 3. The molecule has 74 valence electrons. The maximum absolute atomic E-state index is 5.46. The van der Waals surface area contributed by atoms with Crippen molar-refractivity contribution in [3.05, 3.63) is 0 Å². The van der Waals surface area contributed by atoms with Crippen molar-refractivity contribution in [2.75, 3.05) is 12.8 Å². The van der Waals surface area contributed by atoms with Crippen LogP contribution in [0, 0.1) is 0 Å². The maximum atomic E-state index is 5.46. The lowest BCUT2D eigenvalue weighted by atomic mass is 10.4. The van der Waals surface area contributed by atoms with Gasteiger partial charge in [0.1, 0.15) is 0 Å². The zero-order valence-electron chi connectivity index (χ0n) is 7.66. The molecule has 0 spiro atoms. The molecule has 13 heavy (non-hydrogen) atoms. The summed E-state index contributed by atoms with van der Waals surface area (Å²) in [6.07, 6.45) is 4.48. The monoisotopic (exact) mass is 201 g/mol. The first-order valence-electron chi connectivity index (χ1n) is 4.03. The van der Waals surface area contributed by atoms with Gasteiger partial charge in [0, 0.05) is 4.75 Å². The first-order chi connectivity index (χ1) is 6.08. The lowest BCUT2D eigenvalue weighted by Crippen LogP contribution is -2.27. The number of hydrogen-bond acceptors (Lipinski definition) is 2. The highest BCUT2D eigenvalue weighted by Crippen LogP contribution is 2.47. The Morgan fingerprint density at radius 2 is 2.00 bits per heavy atom. The molecule has 0 aromatic rings. The van der Waals surface area contributed by atoms with E-state index in [9.17, 15) is 0 Å². The summed E-state index contributed by atoms with van der Waals surface area (Å²) in [7, 11) is 0. The molecule has 1 fully saturated rings. The maximum Gasteiger partial charge on any atom is 0.218 e. The number of guanidine groups is 2. The summed E-state index contributed by atoms with van der Waals surface area (Å²) >= 11 is 1.83. The third-order valence-electron chi connectivity index (χ3n) is 2.01. The quantitative estimate of drug-likeness (QED) is 0.422. The van der Waals surface area contributed by atoms with Crippen LogP contribution in [0.5, 0.6) is 0 Å². The smallest absolute Gasteiger partial charge is 0.218 e. The number of thioether (sulfide) groups is 1. The topological polar surface area (TPSA) is 103 Å². The van der Waals surface area contributed by atoms with Crippen LogP contribution in [-0.2, 0) is 0 Å². The molecule has 0 bridgehead atoms. The molecule has 1 aliphatic rings. The minimum atomic E-state index is -0.0461. The molecule has 0 heterocycles. The Kier molecular flexibility index (Phi) is 3.02. The molecule has 0 atom stereocenters. The number of aliphatic imine (C=N–C) groups is 2. The summed E-state index contributed by atoms with van der Waals surface area (Å²) in [5.41, 5.74) is 15.7. The summed E-state index contributed by atoms with van der Waals surface area (Å²) in [6.45, 7) is 0.705. The first-order valence-corrected chi connectivity index (χ1v) is 5.25. The molecule has 6 N–H and O–H groups in total. The first kappa shape index (κ1) is 10.2. The van der Waals surface area contributed by atoms with Gasteiger partial charge in [0.25, 0.3) is 0 Å². The van der Waals surface area contributed by atoms with Crippen LogP contribution in [0.4, 0.5) is 0 Å². The molecule has 0 radical (unpaired) electrons. The Balaban J connectivity index is 2.43. The Morgan fingerprint density at radius 3 is 2.38 bits per heavy atom. The van der Waals surface area contributed by atoms with E-state index in [1.807, 2.05) is 11.8 Å². The third-order valence-corrected chi connectivity index (χ3v) is 3.42. The fourth-order valence-electron chi connectivity index (χ4n) is 0.959. The van der Waals surface area contributed by atoms with Crippen molar-refractivity contribution in [1.82, 2.24) is 0 Å². The van der Waals surface area contributed by atoms with Gasteiger partial charge in [0.2, 0.25) is 5.96 Å². The second-order valence-corrected chi connectivity index (χ2v) is 4.37. The van der Waals surface area contributed by atoms with Crippen molar-refractivity contribution in [3.63, 3.8) is 0 Å². The molecule has 5 nitrogen and oxygen atoms in total. The van der Waals surface area contributed by atoms with Crippen LogP contribution >= 0.6 is 11.8 Å². The van der Waals surface area contributed by atoms with Gasteiger partial charge >= 0.3 is 0 Å². The van der Waals surface area contributed by atoms with E-state index in [4.69, 9.17) is 17.2 Å². The highest BCUT2D eigenvalue weighted by Gasteiger charge is 2.41. The highest BCUT2D eigenvalue weighted by atomic mass is 32.2. The molecular formula is C7H15N5S. The van der Waals surface area contributed by atoms with E-state index in [1.54, 1.807) is 0 Å². The van der Waals surface area contributed by atoms with Gasteiger partial charge in [-0.25, -0.2) is 4.99 Å². The van der Waals surface area contributed by atoms with Crippen LogP contribution < -0.4 is 17.2 Å². The van der Waals surface area contributed by atoms with Gasteiger partial charge in [-0.2, -0.15) is 16.8 Å². The summed E-state index contributed by atoms with van der Waals surface area (Å²) in [5, 5.41) is 0. The number of nitrogens with zero attached hydrogens (tertiary/aromatic N) is 2. The lowest BCUT2D eigenvalue weighted by molar-refractivity contribution is 0.899. The van der Waals surface area contributed by atoms with E-state index in [1.165, 1.54) is 12.8 Å². The average Bonchev–Trinajstić information content (AvgIpc) is 2.80. The van der Waals surface area contributed by atoms with Gasteiger partial charge in [-0.1, -0.05) is 0 Å². The van der Waals surface area contributed by atoms with Gasteiger partial charge in [0.15, 0.2) is 5.96 Å². The standard InChI is InChI=1S/C7H15N5S/c1-13-7(2-3-7)4-11-6(10)12-5(8)9/h2-4H2,1H3,(H6,8,9,10,11,12). The molecule has 0 amide bonds. The summed E-state index contributed by atoms with van der Waals surface area (Å²) in [6, 6.07) is 0. The van der Waals surface area contributed by atoms with Gasteiger partial charge in [-0.15, -0.1) is 0 Å². The van der Waals surface area contributed by atoms with Gasteiger partial charge in [0.05, 0.1) is 6.54 Å². The van der Waals surface area contributed by atoms with E-state index in [0.717, 1.165) is 0 Å². The minimum absolute atomic E-state index is 0.0461. The third kappa shape index (κ3) is 3.14. The Labute approximate surface area is 81.9 Å². The van der Waals surface area contributed by atoms with Crippen molar-refractivity contribution in [1.29, 1.82) is 0 Å². The molecule has 0 saturated heterocycles. The van der Waals surface area contributed by atoms with Crippen LogP contribution in [0.25, 0.3) is 0 Å². The molecule has 1 rings (SSSR count). The van der Waals surface area contributed by atoms with Crippen molar-refractivity contribution in [2.45, 2.75) is 17.6 Å². The van der Waals surface area contributed by atoms with Crippen molar-refractivity contribution in [3.8, 4) is 0 Å². The number of nitrogens with two attached hydrogens (primary N) is 3. The molecule has 6 heteroatoms. The van der Waals surface area contributed by atoms with E-state index >= 15 is 0 Å². The Hall–Kier alpha value is -0.910. The molecular weight excluding hydrogens is 186 g/mol. The number of rotatable bonds is 3. The Bertz CT molecular complexity index is 239. The fraction of sp³-hybridized carbons (Fsp3) is 0.714. The fourth-order valence-corrected chi connectivity index (χ4v) is 1.66. The van der Waals surface area contributed by atoms with Crippen molar-refractivity contribution < 1.29 is 0 Å². The average molecular weight is 201 g/mol. The Morgan fingerprint density at radius 1 is 1.38 bits per heavy atom.